The van der Waals surface area contributed by atoms with Gasteiger partial charge in [-0.15, -0.1) is 11.3 Å². The van der Waals surface area contributed by atoms with Crippen LogP contribution in [0.2, 0.25) is 0 Å². The maximum atomic E-state index is 12.5. The van der Waals surface area contributed by atoms with E-state index in [1.54, 1.807) is 11.3 Å². The van der Waals surface area contributed by atoms with Crippen LogP contribution in [0.5, 0.6) is 0 Å². The smallest absolute Gasteiger partial charge is 0.270 e. The molecule has 3 aromatic rings. The molecular formula is C20H20N6OS. The van der Waals surface area contributed by atoms with Crippen LogP contribution < -0.4 is 15.1 Å². The van der Waals surface area contributed by atoms with Gasteiger partial charge < -0.3 is 15.1 Å². The van der Waals surface area contributed by atoms with E-state index in [9.17, 15) is 4.79 Å². The maximum Gasteiger partial charge on any atom is 0.270 e. The molecule has 4 heterocycles. The lowest BCUT2D eigenvalue weighted by atomic mass is 10.0. The largest absolute Gasteiger partial charge is 0.353 e. The molecular weight excluding hydrogens is 372 g/mol. The van der Waals surface area contributed by atoms with Gasteiger partial charge in [0.15, 0.2) is 11.0 Å². The van der Waals surface area contributed by atoms with Gasteiger partial charge in [-0.1, -0.05) is 30.3 Å². The molecule has 0 spiro atoms. The van der Waals surface area contributed by atoms with Gasteiger partial charge in [-0.05, 0) is 6.42 Å². The molecule has 0 aliphatic carbocycles. The Morgan fingerprint density at radius 2 is 1.79 bits per heavy atom. The standard InChI is InChI=1S/C20H20N6OS/c27-19-16-15(6-7-21-19)18(24-17(23-16)14-4-2-1-3-5-14)25-9-11-26(12-10-25)20-22-8-13-28-20/h1-5,8,13H,6-7,9-12H2,(H,21,27). The first-order chi connectivity index (χ1) is 13.8. The third-order valence-electron chi connectivity index (χ3n) is 5.16. The second-order valence-electron chi connectivity index (χ2n) is 6.86. The van der Waals surface area contributed by atoms with Crippen LogP contribution in [0.25, 0.3) is 11.4 Å². The number of aromatic nitrogens is 3. The number of nitrogens with one attached hydrogen (secondary N) is 1. The zero-order valence-corrected chi connectivity index (χ0v) is 16.2. The number of anilines is 2. The minimum Gasteiger partial charge on any atom is -0.353 e. The van der Waals surface area contributed by atoms with E-state index in [-0.39, 0.29) is 5.91 Å². The number of carbonyl (C=O) groups is 1. The molecule has 2 aromatic heterocycles. The predicted octanol–water partition coefficient (Wildman–Crippen LogP) is 2.21. The van der Waals surface area contributed by atoms with Gasteiger partial charge in [0.05, 0.1) is 0 Å². The highest BCUT2D eigenvalue weighted by Crippen LogP contribution is 2.29. The van der Waals surface area contributed by atoms with Crippen molar-refractivity contribution >= 4 is 28.2 Å². The molecule has 2 aliphatic rings. The number of hydrogen-bond donors (Lipinski definition) is 1. The zero-order chi connectivity index (χ0) is 18.9. The summed E-state index contributed by atoms with van der Waals surface area (Å²) in [4.78, 5) is 31.0. The summed E-state index contributed by atoms with van der Waals surface area (Å²) in [6.45, 7) is 4.10. The topological polar surface area (TPSA) is 74.2 Å². The number of amides is 1. The average Bonchev–Trinajstić information content (AvgIpc) is 3.29. The number of benzene rings is 1. The molecule has 8 heteroatoms. The van der Waals surface area contributed by atoms with Crippen molar-refractivity contribution in [3.8, 4) is 11.4 Å². The van der Waals surface area contributed by atoms with Crippen LogP contribution >= 0.6 is 11.3 Å². The molecule has 1 saturated heterocycles. The van der Waals surface area contributed by atoms with Crippen molar-refractivity contribution in [1.82, 2.24) is 20.3 Å². The normalized spacial score (nSPS) is 16.6. The molecule has 2 aliphatic heterocycles. The Kier molecular flexibility index (Phi) is 4.40. The van der Waals surface area contributed by atoms with Gasteiger partial charge in [0.1, 0.15) is 11.5 Å². The number of nitrogens with zero attached hydrogens (tertiary/aromatic N) is 5. The Hall–Kier alpha value is -3.00. The van der Waals surface area contributed by atoms with Crippen molar-refractivity contribution in [3.63, 3.8) is 0 Å². The van der Waals surface area contributed by atoms with Gasteiger partial charge in [-0.25, -0.2) is 15.0 Å². The zero-order valence-electron chi connectivity index (χ0n) is 15.3. The summed E-state index contributed by atoms with van der Waals surface area (Å²) in [7, 11) is 0. The van der Waals surface area contributed by atoms with E-state index in [1.807, 2.05) is 41.9 Å². The molecule has 0 saturated carbocycles. The Morgan fingerprint density at radius 1 is 1.00 bits per heavy atom. The lowest BCUT2D eigenvalue weighted by Crippen LogP contribution is -2.47. The molecule has 1 N–H and O–H groups in total. The van der Waals surface area contributed by atoms with Crippen molar-refractivity contribution in [2.24, 2.45) is 0 Å². The number of carbonyl (C=O) groups excluding carboxylic acids is 1. The second kappa shape index (κ2) is 7.20. The first-order valence-corrected chi connectivity index (χ1v) is 10.3. The van der Waals surface area contributed by atoms with E-state index in [0.29, 0.717) is 18.1 Å². The highest BCUT2D eigenvalue weighted by atomic mass is 32.1. The summed E-state index contributed by atoms with van der Waals surface area (Å²) in [5.74, 6) is 1.40. The minimum atomic E-state index is -0.108. The molecule has 0 radical (unpaired) electrons. The number of rotatable bonds is 3. The van der Waals surface area contributed by atoms with Gasteiger partial charge in [0, 0.05) is 55.4 Å². The molecule has 0 atom stereocenters. The summed E-state index contributed by atoms with van der Waals surface area (Å²) < 4.78 is 0. The Labute approximate surface area is 167 Å². The predicted molar refractivity (Wildman–Crippen MR) is 110 cm³/mol. The maximum absolute atomic E-state index is 12.5. The Morgan fingerprint density at radius 3 is 2.54 bits per heavy atom. The van der Waals surface area contributed by atoms with E-state index in [2.05, 4.69) is 25.1 Å². The van der Waals surface area contributed by atoms with Gasteiger partial charge in [-0.2, -0.15) is 0 Å². The van der Waals surface area contributed by atoms with Gasteiger partial charge in [0.25, 0.3) is 5.91 Å². The summed E-state index contributed by atoms with van der Waals surface area (Å²) in [5.41, 5.74) is 2.40. The summed E-state index contributed by atoms with van der Waals surface area (Å²) in [6, 6.07) is 9.85. The van der Waals surface area contributed by atoms with E-state index in [4.69, 9.17) is 4.98 Å². The molecule has 5 rings (SSSR count). The first kappa shape index (κ1) is 17.1. The van der Waals surface area contributed by atoms with E-state index >= 15 is 0 Å². The number of fused-ring (bicyclic) bond motifs is 1. The monoisotopic (exact) mass is 392 g/mol. The first-order valence-electron chi connectivity index (χ1n) is 9.43. The van der Waals surface area contributed by atoms with Crippen LogP contribution in [0, 0.1) is 0 Å². The summed E-state index contributed by atoms with van der Waals surface area (Å²) >= 11 is 1.67. The SMILES string of the molecule is O=C1NCCc2c1nc(-c1ccccc1)nc2N1CCN(c2nccs2)CC1. The van der Waals surface area contributed by atoms with Gasteiger partial charge in [0.2, 0.25) is 0 Å². The molecule has 1 aromatic carbocycles. The average molecular weight is 392 g/mol. The van der Waals surface area contributed by atoms with E-state index in [1.165, 1.54) is 0 Å². The molecule has 1 fully saturated rings. The van der Waals surface area contributed by atoms with Crippen LogP contribution in [-0.4, -0.2) is 53.6 Å². The summed E-state index contributed by atoms with van der Waals surface area (Å²) in [6.07, 6.45) is 2.61. The number of piperazine rings is 1. The fraction of sp³-hybridized carbons (Fsp3) is 0.300. The van der Waals surface area contributed by atoms with Crippen molar-refractivity contribution in [1.29, 1.82) is 0 Å². The van der Waals surface area contributed by atoms with Crippen LogP contribution in [0.15, 0.2) is 41.9 Å². The fourth-order valence-corrected chi connectivity index (χ4v) is 4.43. The van der Waals surface area contributed by atoms with Crippen LogP contribution in [-0.2, 0) is 6.42 Å². The van der Waals surface area contributed by atoms with Gasteiger partial charge in [-0.3, -0.25) is 4.79 Å². The lowest BCUT2D eigenvalue weighted by Gasteiger charge is -2.36. The van der Waals surface area contributed by atoms with E-state index < -0.39 is 0 Å². The van der Waals surface area contributed by atoms with Crippen LogP contribution in [0.4, 0.5) is 10.9 Å². The van der Waals surface area contributed by atoms with Crippen LogP contribution in [0.1, 0.15) is 16.1 Å². The van der Waals surface area contributed by atoms with Crippen molar-refractivity contribution in [2.45, 2.75) is 6.42 Å². The summed E-state index contributed by atoms with van der Waals surface area (Å²) in [5, 5.41) is 5.98. The molecule has 0 bridgehead atoms. The molecule has 28 heavy (non-hydrogen) atoms. The van der Waals surface area contributed by atoms with Crippen molar-refractivity contribution in [2.75, 3.05) is 42.5 Å². The molecule has 142 valence electrons. The second-order valence-corrected chi connectivity index (χ2v) is 7.73. The van der Waals surface area contributed by atoms with Gasteiger partial charge >= 0.3 is 0 Å². The molecule has 1 amide bonds. The molecule has 0 unspecified atom stereocenters. The minimum absolute atomic E-state index is 0.108. The third-order valence-corrected chi connectivity index (χ3v) is 5.99. The molecule has 7 nitrogen and oxygen atoms in total. The number of hydrogen-bond acceptors (Lipinski definition) is 7. The number of thiazole rings is 1. The van der Waals surface area contributed by atoms with Crippen molar-refractivity contribution < 1.29 is 4.79 Å². The quantitative estimate of drug-likeness (QED) is 0.737. The van der Waals surface area contributed by atoms with E-state index in [0.717, 1.165) is 54.7 Å². The third kappa shape index (κ3) is 3.09. The lowest BCUT2D eigenvalue weighted by molar-refractivity contribution is 0.0940. The highest BCUT2D eigenvalue weighted by Gasteiger charge is 2.28. The fourth-order valence-electron chi connectivity index (χ4n) is 3.73. The Bertz CT molecular complexity index is 983. The Balaban J connectivity index is 1.50. The van der Waals surface area contributed by atoms with Crippen molar-refractivity contribution in [3.05, 3.63) is 53.2 Å². The highest BCUT2D eigenvalue weighted by molar-refractivity contribution is 7.13. The van der Waals surface area contributed by atoms with Crippen LogP contribution in [0.3, 0.4) is 0 Å².